The van der Waals surface area contributed by atoms with Crippen molar-refractivity contribution in [3.63, 3.8) is 0 Å². The Hall–Kier alpha value is -1.16. The molecule has 0 saturated heterocycles. The van der Waals surface area contributed by atoms with E-state index in [2.05, 4.69) is 50.4 Å². The molecule has 3 aromatic rings. The van der Waals surface area contributed by atoms with Crippen molar-refractivity contribution in [3.8, 4) is 0 Å². The lowest BCUT2D eigenvalue weighted by atomic mass is 9.86. The first-order valence-corrected chi connectivity index (χ1v) is 8.40. The van der Waals surface area contributed by atoms with Crippen LogP contribution in [0.15, 0.2) is 41.8 Å². The molecule has 0 radical (unpaired) electrons. The minimum Gasteiger partial charge on any atom is -0.383 e. The number of hydrogen-bond acceptors (Lipinski definition) is 3. The van der Waals surface area contributed by atoms with Gasteiger partial charge in [0.25, 0.3) is 0 Å². The van der Waals surface area contributed by atoms with Crippen LogP contribution in [0, 0.1) is 0 Å². The zero-order chi connectivity index (χ0) is 14.3. The standard InChI is InChI=1S/C17H18OS2/c1-17(2,3)12-6-4-11(5-7-12)16(18)15-10-14-13(20-15)8-9-19-14/h4-10,16,18H,1-3H3. The molecule has 0 aliphatic carbocycles. The Kier molecular flexibility index (Phi) is 3.44. The van der Waals surface area contributed by atoms with E-state index in [1.165, 1.54) is 15.0 Å². The number of rotatable bonds is 2. The zero-order valence-electron chi connectivity index (χ0n) is 11.9. The van der Waals surface area contributed by atoms with Crippen LogP contribution in [0.1, 0.15) is 42.9 Å². The van der Waals surface area contributed by atoms with Gasteiger partial charge in [0.15, 0.2) is 0 Å². The summed E-state index contributed by atoms with van der Waals surface area (Å²) in [7, 11) is 0. The highest BCUT2D eigenvalue weighted by molar-refractivity contribution is 7.26. The van der Waals surface area contributed by atoms with E-state index in [9.17, 15) is 5.11 Å². The maximum atomic E-state index is 10.5. The van der Waals surface area contributed by atoms with Gasteiger partial charge in [-0.05, 0) is 34.1 Å². The van der Waals surface area contributed by atoms with Crippen LogP contribution in [0.25, 0.3) is 9.40 Å². The maximum Gasteiger partial charge on any atom is 0.113 e. The third kappa shape index (κ3) is 2.53. The number of hydrogen-bond donors (Lipinski definition) is 1. The van der Waals surface area contributed by atoms with Gasteiger partial charge in [-0.25, -0.2) is 0 Å². The predicted molar refractivity (Wildman–Crippen MR) is 88.9 cm³/mol. The van der Waals surface area contributed by atoms with Crippen molar-refractivity contribution in [2.24, 2.45) is 0 Å². The fourth-order valence-electron chi connectivity index (χ4n) is 2.25. The van der Waals surface area contributed by atoms with Crippen molar-refractivity contribution in [2.45, 2.75) is 32.3 Å². The largest absolute Gasteiger partial charge is 0.383 e. The Morgan fingerprint density at radius 3 is 2.30 bits per heavy atom. The second kappa shape index (κ2) is 4.99. The number of benzene rings is 1. The molecule has 0 bridgehead atoms. The van der Waals surface area contributed by atoms with E-state index >= 15 is 0 Å². The second-order valence-electron chi connectivity index (χ2n) is 6.07. The molecule has 1 unspecified atom stereocenters. The summed E-state index contributed by atoms with van der Waals surface area (Å²) in [6, 6.07) is 12.5. The van der Waals surface area contributed by atoms with Crippen molar-refractivity contribution >= 4 is 32.1 Å². The summed E-state index contributed by atoms with van der Waals surface area (Å²) in [6.07, 6.45) is -0.520. The first kappa shape index (κ1) is 13.8. The van der Waals surface area contributed by atoms with E-state index in [1.54, 1.807) is 22.7 Å². The SMILES string of the molecule is CC(C)(C)c1ccc(C(O)c2cc3sccc3s2)cc1. The van der Waals surface area contributed by atoms with E-state index in [4.69, 9.17) is 0 Å². The Bertz CT molecular complexity index is 685. The Morgan fingerprint density at radius 1 is 1.00 bits per heavy atom. The van der Waals surface area contributed by atoms with Gasteiger partial charge >= 0.3 is 0 Å². The summed E-state index contributed by atoms with van der Waals surface area (Å²) >= 11 is 3.40. The molecule has 1 nitrogen and oxygen atoms in total. The summed E-state index contributed by atoms with van der Waals surface area (Å²) < 4.78 is 2.52. The van der Waals surface area contributed by atoms with Gasteiger partial charge < -0.3 is 5.11 Å². The van der Waals surface area contributed by atoms with Gasteiger partial charge in [-0.15, -0.1) is 22.7 Å². The number of aliphatic hydroxyl groups excluding tert-OH is 1. The highest BCUT2D eigenvalue weighted by Crippen LogP contribution is 2.36. The average Bonchev–Trinajstić information content (AvgIpc) is 2.97. The summed E-state index contributed by atoms with van der Waals surface area (Å²) in [5.41, 5.74) is 2.40. The molecule has 0 aliphatic rings. The lowest BCUT2D eigenvalue weighted by molar-refractivity contribution is 0.224. The molecule has 0 amide bonds. The lowest BCUT2D eigenvalue weighted by Gasteiger charge is -2.19. The van der Waals surface area contributed by atoms with Gasteiger partial charge in [-0.3, -0.25) is 0 Å². The van der Waals surface area contributed by atoms with Crippen molar-refractivity contribution in [1.29, 1.82) is 0 Å². The predicted octanol–water partition coefficient (Wildman–Crippen LogP) is 5.34. The minimum absolute atomic E-state index is 0.148. The number of fused-ring (bicyclic) bond motifs is 1. The lowest BCUT2D eigenvalue weighted by Crippen LogP contribution is -2.11. The van der Waals surface area contributed by atoms with E-state index in [0.717, 1.165) is 10.4 Å². The van der Waals surface area contributed by atoms with E-state index in [-0.39, 0.29) is 5.41 Å². The molecule has 0 saturated carbocycles. The smallest absolute Gasteiger partial charge is 0.113 e. The maximum absolute atomic E-state index is 10.5. The van der Waals surface area contributed by atoms with Crippen LogP contribution in [0.4, 0.5) is 0 Å². The van der Waals surface area contributed by atoms with Crippen LogP contribution >= 0.6 is 22.7 Å². The molecule has 3 heteroatoms. The summed E-state index contributed by atoms with van der Waals surface area (Å²) in [4.78, 5) is 1.02. The molecule has 20 heavy (non-hydrogen) atoms. The van der Waals surface area contributed by atoms with Crippen LogP contribution < -0.4 is 0 Å². The van der Waals surface area contributed by atoms with Gasteiger partial charge in [-0.2, -0.15) is 0 Å². The van der Waals surface area contributed by atoms with Crippen molar-refractivity contribution in [2.75, 3.05) is 0 Å². The van der Waals surface area contributed by atoms with Crippen LogP contribution in [-0.4, -0.2) is 5.11 Å². The van der Waals surface area contributed by atoms with Gasteiger partial charge in [0.2, 0.25) is 0 Å². The zero-order valence-corrected chi connectivity index (χ0v) is 13.5. The highest BCUT2D eigenvalue weighted by Gasteiger charge is 2.17. The molecule has 0 aliphatic heterocycles. The minimum atomic E-state index is -0.520. The Balaban J connectivity index is 1.90. The molecule has 0 fully saturated rings. The third-order valence-corrected chi connectivity index (χ3v) is 5.67. The molecule has 3 rings (SSSR count). The van der Waals surface area contributed by atoms with Crippen molar-refractivity contribution in [1.82, 2.24) is 0 Å². The van der Waals surface area contributed by atoms with E-state index < -0.39 is 6.10 Å². The van der Waals surface area contributed by atoms with Gasteiger partial charge in [0.1, 0.15) is 6.10 Å². The van der Waals surface area contributed by atoms with Crippen molar-refractivity contribution in [3.05, 3.63) is 57.8 Å². The second-order valence-corrected chi connectivity index (χ2v) is 8.14. The monoisotopic (exact) mass is 302 g/mol. The fraction of sp³-hybridized carbons (Fsp3) is 0.294. The van der Waals surface area contributed by atoms with Gasteiger partial charge in [-0.1, -0.05) is 45.0 Å². The molecule has 104 valence electrons. The number of aliphatic hydroxyl groups is 1. The molecular weight excluding hydrogens is 284 g/mol. The van der Waals surface area contributed by atoms with E-state index in [0.29, 0.717) is 0 Å². The van der Waals surface area contributed by atoms with Crippen LogP contribution in [-0.2, 0) is 5.41 Å². The normalized spacial score (nSPS) is 13.8. The fourth-order valence-corrected chi connectivity index (χ4v) is 4.38. The molecular formula is C17H18OS2. The molecule has 2 aromatic heterocycles. The highest BCUT2D eigenvalue weighted by atomic mass is 32.1. The molecule has 1 aromatic carbocycles. The topological polar surface area (TPSA) is 20.2 Å². The van der Waals surface area contributed by atoms with Gasteiger partial charge in [0.05, 0.1) is 0 Å². The van der Waals surface area contributed by atoms with Crippen LogP contribution in [0.2, 0.25) is 0 Å². The first-order chi connectivity index (χ1) is 9.45. The summed E-state index contributed by atoms with van der Waals surface area (Å²) in [5.74, 6) is 0. The Morgan fingerprint density at radius 2 is 1.70 bits per heavy atom. The number of thiophene rings is 2. The molecule has 1 N–H and O–H groups in total. The average molecular weight is 302 g/mol. The van der Waals surface area contributed by atoms with Crippen LogP contribution in [0.5, 0.6) is 0 Å². The van der Waals surface area contributed by atoms with E-state index in [1.807, 2.05) is 12.1 Å². The summed E-state index contributed by atoms with van der Waals surface area (Å²) in [5, 5.41) is 12.6. The van der Waals surface area contributed by atoms with Crippen molar-refractivity contribution < 1.29 is 5.11 Å². The van der Waals surface area contributed by atoms with Crippen LogP contribution in [0.3, 0.4) is 0 Å². The quantitative estimate of drug-likeness (QED) is 0.677. The van der Waals surface area contributed by atoms with Gasteiger partial charge in [0, 0.05) is 14.3 Å². The molecule has 2 heterocycles. The first-order valence-electron chi connectivity index (χ1n) is 6.70. The molecule has 0 spiro atoms. The summed E-state index contributed by atoms with van der Waals surface area (Å²) in [6.45, 7) is 6.60. The molecule has 1 atom stereocenters. The Labute approximate surface area is 127 Å². The third-order valence-electron chi connectivity index (χ3n) is 3.52.